The second-order valence-corrected chi connectivity index (χ2v) is 3.29. The topological polar surface area (TPSA) is 22.0 Å². The molecule has 1 heterocycles. The van der Waals surface area contributed by atoms with Crippen LogP contribution in [0.15, 0.2) is 0 Å². The lowest BCUT2D eigenvalue weighted by Crippen LogP contribution is -1.97. The molecule has 12 heavy (non-hydrogen) atoms. The van der Waals surface area contributed by atoms with Gasteiger partial charge in [0, 0.05) is 24.0 Å². The van der Waals surface area contributed by atoms with E-state index in [1.165, 1.54) is 5.69 Å². The minimum absolute atomic E-state index is 0.161. The van der Waals surface area contributed by atoms with Gasteiger partial charge in [0.2, 0.25) is 0 Å². The van der Waals surface area contributed by atoms with Crippen LogP contribution in [0.4, 0.5) is 0 Å². The molecule has 0 atom stereocenters. The molecule has 0 aromatic carbocycles. The predicted octanol–water partition coefficient (Wildman–Crippen LogP) is 2.15. The van der Waals surface area contributed by atoms with Crippen LogP contribution < -0.4 is 0 Å². The maximum Gasteiger partial charge on any atom is 0.161 e. The number of carbonyl (C=O) groups is 1. The Balaban J connectivity index is 3.48. The number of carbonyl (C=O) groups excluding carboxylic acids is 1. The number of rotatable bonds is 1. The SMILES string of the molecule is CC(=O)c1c(C)c(C)n(C)c1C. The average Bonchev–Trinajstić information content (AvgIpc) is 2.16. The molecule has 0 fully saturated rings. The highest BCUT2D eigenvalue weighted by Gasteiger charge is 2.14. The molecule has 0 radical (unpaired) electrons. The fourth-order valence-corrected chi connectivity index (χ4v) is 1.64. The van der Waals surface area contributed by atoms with Gasteiger partial charge in [0.25, 0.3) is 0 Å². The number of hydrogen-bond donors (Lipinski definition) is 0. The van der Waals surface area contributed by atoms with Gasteiger partial charge in [-0.3, -0.25) is 4.79 Å². The third-order valence-electron chi connectivity index (χ3n) is 2.64. The van der Waals surface area contributed by atoms with Crippen molar-refractivity contribution >= 4 is 5.78 Å². The molecule has 0 amide bonds. The Labute approximate surface area is 73.2 Å². The summed E-state index contributed by atoms with van der Waals surface area (Å²) in [5, 5.41) is 0. The van der Waals surface area contributed by atoms with Crippen LogP contribution in [0.3, 0.4) is 0 Å². The van der Waals surface area contributed by atoms with Crippen molar-refractivity contribution in [2.24, 2.45) is 7.05 Å². The van der Waals surface area contributed by atoms with Gasteiger partial charge in [-0.25, -0.2) is 0 Å². The summed E-state index contributed by atoms with van der Waals surface area (Å²) in [6.07, 6.45) is 0. The zero-order valence-corrected chi connectivity index (χ0v) is 8.36. The zero-order valence-electron chi connectivity index (χ0n) is 8.36. The van der Waals surface area contributed by atoms with E-state index in [0.29, 0.717) is 0 Å². The molecular formula is C10H15NO. The van der Waals surface area contributed by atoms with E-state index >= 15 is 0 Å². The molecule has 2 nitrogen and oxygen atoms in total. The van der Waals surface area contributed by atoms with Crippen molar-refractivity contribution in [1.82, 2.24) is 4.57 Å². The number of Topliss-reactive ketones (excluding diaryl/α,β-unsaturated/α-hetero) is 1. The second-order valence-electron chi connectivity index (χ2n) is 3.29. The van der Waals surface area contributed by atoms with Gasteiger partial charge in [-0.15, -0.1) is 0 Å². The van der Waals surface area contributed by atoms with Crippen LogP contribution in [0, 0.1) is 20.8 Å². The van der Waals surface area contributed by atoms with Crippen molar-refractivity contribution in [3.63, 3.8) is 0 Å². The molecule has 1 aromatic rings. The molecule has 66 valence electrons. The molecule has 0 bridgehead atoms. The van der Waals surface area contributed by atoms with Crippen molar-refractivity contribution in [3.8, 4) is 0 Å². The second kappa shape index (κ2) is 2.77. The summed E-state index contributed by atoms with van der Waals surface area (Å²) >= 11 is 0. The van der Waals surface area contributed by atoms with E-state index in [9.17, 15) is 4.79 Å². The van der Waals surface area contributed by atoms with Gasteiger partial charge >= 0.3 is 0 Å². The number of hydrogen-bond acceptors (Lipinski definition) is 1. The molecule has 0 aliphatic carbocycles. The van der Waals surface area contributed by atoms with E-state index in [1.54, 1.807) is 6.92 Å². The van der Waals surface area contributed by atoms with Crippen molar-refractivity contribution in [2.75, 3.05) is 0 Å². The van der Waals surface area contributed by atoms with E-state index < -0.39 is 0 Å². The summed E-state index contributed by atoms with van der Waals surface area (Å²) in [5.74, 6) is 0.161. The van der Waals surface area contributed by atoms with Gasteiger partial charge in [-0.2, -0.15) is 0 Å². The van der Waals surface area contributed by atoms with E-state index in [2.05, 4.69) is 4.57 Å². The monoisotopic (exact) mass is 165 g/mol. The molecule has 0 unspecified atom stereocenters. The van der Waals surface area contributed by atoms with Crippen LogP contribution in [-0.4, -0.2) is 10.4 Å². The Morgan fingerprint density at radius 2 is 1.67 bits per heavy atom. The quantitative estimate of drug-likeness (QED) is 0.584. The maximum atomic E-state index is 11.2. The lowest BCUT2D eigenvalue weighted by Gasteiger charge is -1.98. The summed E-state index contributed by atoms with van der Waals surface area (Å²) in [5.41, 5.74) is 4.24. The van der Waals surface area contributed by atoms with Gasteiger partial charge < -0.3 is 4.57 Å². The van der Waals surface area contributed by atoms with Crippen molar-refractivity contribution in [2.45, 2.75) is 27.7 Å². The van der Waals surface area contributed by atoms with Crippen LogP contribution in [0.25, 0.3) is 0 Å². The number of ketones is 1. The van der Waals surface area contributed by atoms with E-state index in [-0.39, 0.29) is 5.78 Å². The van der Waals surface area contributed by atoms with Crippen molar-refractivity contribution < 1.29 is 4.79 Å². The molecular weight excluding hydrogens is 150 g/mol. The Morgan fingerprint density at radius 3 is 1.83 bits per heavy atom. The first kappa shape index (κ1) is 9.04. The van der Waals surface area contributed by atoms with Gasteiger partial charge in [0.15, 0.2) is 5.78 Å². The Morgan fingerprint density at radius 1 is 1.17 bits per heavy atom. The number of nitrogens with zero attached hydrogens (tertiary/aromatic N) is 1. The fourth-order valence-electron chi connectivity index (χ4n) is 1.64. The highest BCUT2D eigenvalue weighted by atomic mass is 16.1. The fraction of sp³-hybridized carbons (Fsp3) is 0.500. The largest absolute Gasteiger partial charge is 0.351 e. The summed E-state index contributed by atoms with van der Waals surface area (Å²) < 4.78 is 2.06. The average molecular weight is 165 g/mol. The maximum absolute atomic E-state index is 11.2. The highest BCUT2D eigenvalue weighted by molar-refractivity contribution is 5.97. The molecule has 0 spiro atoms. The van der Waals surface area contributed by atoms with Crippen molar-refractivity contribution in [3.05, 3.63) is 22.5 Å². The van der Waals surface area contributed by atoms with Crippen LogP contribution in [0.2, 0.25) is 0 Å². The third kappa shape index (κ3) is 1.07. The first-order chi connectivity index (χ1) is 5.46. The molecule has 2 heteroatoms. The Bertz CT molecular complexity index is 309. The van der Waals surface area contributed by atoms with Crippen LogP contribution in [-0.2, 0) is 7.05 Å². The first-order valence-electron chi connectivity index (χ1n) is 4.10. The lowest BCUT2D eigenvalue weighted by atomic mass is 10.1. The molecule has 0 aliphatic heterocycles. The normalized spacial score (nSPS) is 10.4. The van der Waals surface area contributed by atoms with Gasteiger partial charge in [0.05, 0.1) is 0 Å². The smallest absolute Gasteiger partial charge is 0.161 e. The predicted molar refractivity (Wildman–Crippen MR) is 49.6 cm³/mol. The summed E-state index contributed by atoms with van der Waals surface area (Å²) in [6, 6.07) is 0. The van der Waals surface area contributed by atoms with Gasteiger partial charge in [-0.05, 0) is 33.3 Å². The van der Waals surface area contributed by atoms with Gasteiger partial charge in [0.1, 0.15) is 0 Å². The Kier molecular flexibility index (Phi) is 2.09. The molecule has 0 saturated heterocycles. The summed E-state index contributed by atoms with van der Waals surface area (Å²) in [7, 11) is 1.99. The minimum Gasteiger partial charge on any atom is -0.351 e. The number of aromatic nitrogens is 1. The zero-order chi connectivity index (χ0) is 9.46. The van der Waals surface area contributed by atoms with E-state index in [4.69, 9.17) is 0 Å². The van der Waals surface area contributed by atoms with Crippen LogP contribution in [0.5, 0.6) is 0 Å². The Hall–Kier alpha value is -1.05. The van der Waals surface area contributed by atoms with Crippen molar-refractivity contribution in [1.29, 1.82) is 0 Å². The highest BCUT2D eigenvalue weighted by Crippen LogP contribution is 2.20. The van der Waals surface area contributed by atoms with E-state index in [0.717, 1.165) is 16.8 Å². The molecule has 1 aromatic heterocycles. The molecule has 0 aliphatic rings. The first-order valence-corrected chi connectivity index (χ1v) is 4.10. The standard InChI is InChI=1S/C10H15NO/c1-6-7(2)11(5)8(3)10(6)9(4)12/h1-5H3. The molecule has 1 rings (SSSR count). The lowest BCUT2D eigenvalue weighted by molar-refractivity contribution is 0.101. The minimum atomic E-state index is 0.161. The third-order valence-corrected chi connectivity index (χ3v) is 2.64. The van der Waals surface area contributed by atoms with Crippen LogP contribution in [0.1, 0.15) is 34.2 Å². The summed E-state index contributed by atoms with van der Waals surface area (Å²) in [6.45, 7) is 7.64. The molecule has 0 saturated carbocycles. The summed E-state index contributed by atoms with van der Waals surface area (Å²) in [4.78, 5) is 11.2. The van der Waals surface area contributed by atoms with Gasteiger partial charge in [-0.1, -0.05) is 0 Å². The van der Waals surface area contributed by atoms with Crippen LogP contribution >= 0.6 is 0 Å². The molecule has 0 N–H and O–H groups in total. The van der Waals surface area contributed by atoms with E-state index in [1.807, 2.05) is 27.8 Å².